The van der Waals surface area contributed by atoms with Gasteiger partial charge in [-0.2, -0.15) is 0 Å². The highest BCUT2D eigenvalue weighted by Gasteiger charge is 2.24. The van der Waals surface area contributed by atoms with Gasteiger partial charge < -0.3 is 9.63 Å². The smallest absolute Gasteiger partial charge is 0.504 e. The zero-order chi connectivity index (χ0) is 13.7. The molecule has 100 valence electrons. The Labute approximate surface area is 110 Å². The van der Waals surface area contributed by atoms with Gasteiger partial charge in [-0.3, -0.25) is 9.42 Å². The fourth-order valence-electron chi connectivity index (χ4n) is 1.42. The van der Waals surface area contributed by atoms with Crippen LogP contribution in [0, 0.1) is 0 Å². The summed E-state index contributed by atoms with van der Waals surface area (Å²) in [6.45, 7) is -0.0534. The van der Waals surface area contributed by atoms with Crippen molar-refractivity contribution in [3.63, 3.8) is 0 Å². The van der Waals surface area contributed by atoms with Crippen LogP contribution in [0.2, 0.25) is 0 Å². The number of hydrogen-bond acceptors (Lipinski definition) is 4. The topological polar surface area (TPSA) is 76.0 Å². The third-order valence-corrected chi connectivity index (χ3v) is 3.20. The molecule has 2 N–H and O–H groups in total. The molecule has 6 heteroatoms. The molecule has 0 spiro atoms. The van der Waals surface area contributed by atoms with Gasteiger partial charge in [-0.25, -0.2) is 4.57 Å². The summed E-state index contributed by atoms with van der Waals surface area (Å²) in [5.74, 6) is -0.318. The summed E-state index contributed by atoms with van der Waals surface area (Å²) in [5.41, 5.74) is 0.748. The van der Waals surface area contributed by atoms with Crippen molar-refractivity contribution in [1.29, 1.82) is 0 Å². The van der Waals surface area contributed by atoms with E-state index in [9.17, 15) is 14.6 Å². The maximum Gasteiger partial charge on any atom is 0.527 e. The molecule has 0 amide bonds. The van der Waals surface area contributed by atoms with Crippen LogP contribution >= 0.6 is 7.82 Å². The van der Waals surface area contributed by atoms with Crippen molar-refractivity contribution in [1.82, 2.24) is 0 Å². The molecule has 0 aliphatic rings. The van der Waals surface area contributed by atoms with E-state index in [2.05, 4.69) is 0 Å². The van der Waals surface area contributed by atoms with Gasteiger partial charge in [0.15, 0.2) is 11.5 Å². The van der Waals surface area contributed by atoms with Gasteiger partial charge in [0.2, 0.25) is 0 Å². The van der Waals surface area contributed by atoms with Gasteiger partial charge >= 0.3 is 7.82 Å². The molecule has 0 radical (unpaired) electrons. The monoisotopic (exact) mass is 280 g/mol. The molecule has 0 fully saturated rings. The molecular weight excluding hydrogens is 267 g/mol. The van der Waals surface area contributed by atoms with Crippen LogP contribution in [0.15, 0.2) is 54.6 Å². The number of hydrogen-bond donors (Lipinski definition) is 2. The van der Waals surface area contributed by atoms with Gasteiger partial charge in [0.1, 0.15) is 0 Å². The molecule has 0 saturated heterocycles. The summed E-state index contributed by atoms with van der Waals surface area (Å²) in [7, 11) is -4.27. The van der Waals surface area contributed by atoms with E-state index in [1.165, 1.54) is 12.1 Å². The first-order valence-corrected chi connectivity index (χ1v) is 7.05. The van der Waals surface area contributed by atoms with Crippen LogP contribution in [-0.4, -0.2) is 10.00 Å². The number of phosphoric acid groups is 1. The predicted octanol–water partition coefficient (Wildman–Crippen LogP) is 3.09. The highest BCUT2D eigenvalue weighted by Crippen LogP contribution is 2.46. The van der Waals surface area contributed by atoms with E-state index in [0.717, 1.165) is 5.56 Å². The number of rotatable bonds is 5. The van der Waals surface area contributed by atoms with E-state index in [0.29, 0.717) is 0 Å². The average molecular weight is 280 g/mol. The molecular formula is C13H13O5P. The Balaban J connectivity index is 1.99. The van der Waals surface area contributed by atoms with Crippen LogP contribution in [0.4, 0.5) is 0 Å². The Morgan fingerprint density at radius 1 is 1.00 bits per heavy atom. The van der Waals surface area contributed by atoms with Gasteiger partial charge in [-0.15, -0.1) is 0 Å². The van der Waals surface area contributed by atoms with E-state index < -0.39 is 7.82 Å². The van der Waals surface area contributed by atoms with Crippen molar-refractivity contribution in [3.05, 3.63) is 60.2 Å². The highest BCUT2D eigenvalue weighted by molar-refractivity contribution is 7.47. The quantitative estimate of drug-likeness (QED) is 0.823. The van der Waals surface area contributed by atoms with Crippen molar-refractivity contribution in [2.75, 3.05) is 0 Å². The van der Waals surface area contributed by atoms with E-state index in [-0.39, 0.29) is 18.1 Å². The molecule has 0 aromatic heterocycles. The fraction of sp³-hybridized carbons (Fsp3) is 0.0769. The molecule has 2 rings (SSSR count). The lowest BCUT2D eigenvalue weighted by molar-refractivity contribution is 0.193. The maximum absolute atomic E-state index is 11.7. The highest BCUT2D eigenvalue weighted by atomic mass is 31.2. The van der Waals surface area contributed by atoms with Gasteiger partial charge in [0, 0.05) is 0 Å². The summed E-state index contributed by atoms with van der Waals surface area (Å²) < 4.78 is 21.4. The van der Waals surface area contributed by atoms with Crippen LogP contribution in [0.3, 0.4) is 0 Å². The molecule has 0 heterocycles. The molecule has 0 bridgehead atoms. The zero-order valence-electron chi connectivity index (χ0n) is 9.97. The van der Waals surface area contributed by atoms with Gasteiger partial charge in [0.05, 0.1) is 6.61 Å². The van der Waals surface area contributed by atoms with E-state index in [1.54, 1.807) is 36.4 Å². The Morgan fingerprint density at radius 2 is 1.63 bits per heavy atom. The summed E-state index contributed by atoms with van der Waals surface area (Å²) in [4.78, 5) is 9.55. The van der Waals surface area contributed by atoms with Crippen LogP contribution in [0.1, 0.15) is 5.56 Å². The minimum absolute atomic E-state index is 0.0534. The lowest BCUT2D eigenvalue weighted by Crippen LogP contribution is -1.98. The number of aromatic hydroxyl groups is 1. The Morgan fingerprint density at radius 3 is 2.32 bits per heavy atom. The maximum atomic E-state index is 11.7. The SMILES string of the molecule is O=P(O)(OCc1ccccc1)Oc1ccccc1O. The Bertz CT molecular complexity index is 585. The second-order valence-corrected chi connectivity index (χ2v) is 5.16. The van der Waals surface area contributed by atoms with Crippen LogP contribution in [-0.2, 0) is 15.7 Å². The van der Waals surface area contributed by atoms with Crippen LogP contribution in [0.25, 0.3) is 0 Å². The second-order valence-electron chi connectivity index (χ2n) is 3.79. The molecule has 0 aliphatic carbocycles. The fourth-order valence-corrected chi connectivity index (χ4v) is 2.18. The third kappa shape index (κ3) is 4.10. The molecule has 5 nitrogen and oxygen atoms in total. The number of para-hydroxylation sites is 2. The minimum Gasteiger partial charge on any atom is -0.504 e. The Kier molecular flexibility index (Phi) is 4.22. The standard InChI is InChI=1S/C13H13O5P/c14-12-8-4-5-9-13(12)18-19(15,16)17-10-11-6-2-1-3-7-11/h1-9,14H,10H2,(H,15,16). The molecule has 2 aromatic carbocycles. The third-order valence-electron chi connectivity index (χ3n) is 2.32. The van der Waals surface area contributed by atoms with Crippen molar-refractivity contribution in [3.8, 4) is 11.5 Å². The number of phenolic OH excluding ortho intramolecular Hbond substituents is 1. The van der Waals surface area contributed by atoms with Crippen molar-refractivity contribution < 1.29 is 23.6 Å². The van der Waals surface area contributed by atoms with E-state index in [1.807, 2.05) is 6.07 Å². The van der Waals surface area contributed by atoms with Crippen molar-refractivity contribution >= 4 is 7.82 Å². The average Bonchev–Trinajstić information content (AvgIpc) is 2.40. The lowest BCUT2D eigenvalue weighted by Gasteiger charge is -2.13. The molecule has 2 aromatic rings. The molecule has 1 atom stereocenters. The summed E-state index contributed by atoms with van der Waals surface area (Å²) >= 11 is 0. The normalized spacial score (nSPS) is 13.7. The van der Waals surface area contributed by atoms with Crippen molar-refractivity contribution in [2.45, 2.75) is 6.61 Å². The molecule has 0 saturated carbocycles. The van der Waals surface area contributed by atoms with E-state index >= 15 is 0 Å². The largest absolute Gasteiger partial charge is 0.527 e. The van der Waals surface area contributed by atoms with Crippen molar-refractivity contribution in [2.24, 2.45) is 0 Å². The lowest BCUT2D eigenvalue weighted by atomic mass is 10.2. The molecule has 19 heavy (non-hydrogen) atoms. The van der Waals surface area contributed by atoms with Crippen LogP contribution < -0.4 is 4.52 Å². The summed E-state index contributed by atoms with van der Waals surface area (Å²) in [5, 5.41) is 9.45. The van der Waals surface area contributed by atoms with Gasteiger partial charge in [0.25, 0.3) is 0 Å². The number of phenols is 1. The first-order chi connectivity index (χ1) is 9.07. The number of benzene rings is 2. The molecule has 1 unspecified atom stereocenters. The summed E-state index contributed by atoms with van der Waals surface area (Å²) in [6.07, 6.45) is 0. The first-order valence-electron chi connectivity index (χ1n) is 5.56. The second kappa shape index (κ2) is 5.89. The minimum atomic E-state index is -4.27. The first kappa shape index (κ1) is 13.6. The summed E-state index contributed by atoms with van der Waals surface area (Å²) in [6, 6.07) is 14.8. The van der Waals surface area contributed by atoms with E-state index in [4.69, 9.17) is 9.05 Å². The van der Waals surface area contributed by atoms with Gasteiger partial charge in [-0.05, 0) is 17.7 Å². The Hall–Kier alpha value is -1.81. The number of phosphoric ester groups is 1. The molecule has 0 aliphatic heterocycles. The predicted molar refractivity (Wildman–Crippen MR) is 69.8 cm³/mol. The zero-order valence-corrected chi connectivity index (χ0v) is 10.9. The van der Waals surface area contributed by atoms with Gasteiger partial charge in [-0.1, -0.05) is 42.5 Å². The van der Waals surface area contributed by atoms with Crippen LogP contribution in [0.5, 0.6) is 11.5 Å².